The molecule has 1 saturated carbocycles. The van der Waals surface area contributed by atoms with Crippen LogP contribution in [0.5, 0.6) is 0 Å². The third-order valence-corrected chi connectivity index (χ3v) is 4.28. The molecular formula is C16H22N2O3. The van der Waals surface area contributed by atoms with Crippen molar-refractivity contribution in [2.24, 2.45) is 5.41 Å². The van der Waals surface area contributed by atoms with Crippen molar-refractivity contribution in [2.45, 2.75) is 39.2 Å². The highest BCUT2D eigenvalue weighted by Crippen LogP contribution is 2.40. The van der Waals surface area contributed by atoms with Crippen LogP contribution in [-0.4, -0.2) is 23.7 Å². The van der Waals surface area contributed by atoms with Gasteiger partial charge in [0.1, 0.15) is 0 Å². The fraction of sp³-hybridized carbons (Fsp3) is 0.500. The molecule has 0 spiro atoms. The van der Waals surface area contributed by atoms with Crippen LogP contribution in [0.1, 0.15) is 43.4 Å². The van der Waals surface area contributed by atoms with Crippen LogP contribution in [0.25, 0.3) is 0 Å². The largest absolute Gasteiger partial charge is 0.481 e. The smallest absolute Gasteiger partial charge is 0.315 e. The maximum absolute atomic E-state index is 11.9. The van der Waals surface area contributed by atoms with Crippen LogP contribution >= 0.6 is 0 Å². The number of benzene rings is 1. The Labute approximate surface area is 124 Å². The normalized spacial score (nSPS) is 17.4. The number of aliphatic carboxylic acids is 1. The Morgan fingerprint density at radius 2 is 1.90 bits per heavy atom. The van der Waals surface area contributed by atoms with Crippen molar-refractivity contribution in [2.75, 3.05) is 6.54 Å². The fourth-order valence-corrected chi connectivity index (χ4v) is 2.51. The summed E-state index contributed by atoms with van der Waals surface area (Å²) in [6, 6.07) is 7.51. The monoisotopic (exact) mass is 290 g/mol. The molecule has 2 amide bonds. The lowest BCUT2D eigenvalue weighted by Crippen LogP contribution is -2.50. The second kappa shape index (κ2) is 6.16. The number of carboxylic acid groups (broad SMARTS) is 1. The molecule has 0 heterocycles. The first-order valence-corrected chi connectivity index (χ1v) is 7.27. The molecule has 2 rings (SSSR count). The van der Waals surface area contributed by atoms with Gasteiger partial charge < -0.3 is 15.7 Å². The number of amides is 2. The molecular weight excluding hydrogens is 268 g/mol. The Bertz CT molecular complexity index is 521. The molecule has 1 unspecified atom stereocenters. The number of carbonyl (C=O) groups excluding carboxylic acids is 1. The van der Waals surface area contributed by atoms with E-state index >= 15 is 0 Å². The highest BCUT2D eigenvalue weighted by atomic mass is 16.4. The van der Waals surface area contributed by atoms with E-state index in [0.29, 0.717) is 12.8 Å². The van der Waals surface area contributed by atoms with Crippen molar-refractivity contribution in [1.29, 1.82) is 0 Å². The highest BCUT2D eigenvalue weighted by Gasteiger charge is 2.44. The Hall–Kier alpha value is -2.04. The zero-order chi connectivity index (χ0) is 15.5. The van der Waals surface area contributed by atoms with Gasteiger partial charge in [0.15, 0.2) is 0 Å². The van der Waals surface area contributed by atoms with Crippen molar-refractivity contribution in [3.05, 3.63) is 35.4 Å². The van der Waals surface area contributed by atoms with E-state index in [0.717, 1.165) is 12.0 Å². The predicted octanol–water partition coefficient (Wildman–Crippen LogP) is 2.61. The van der Waals surface area contributed by atoms with Crippen molar-refractivity contribution >= 4 is 12.0 Å². The third kappa shape index (κ3) is 3.54. The molecule has 0 radical (unpaired) electrons. The van der Waals surface area contributed by atoms with Gasteiger partial charge in [0.25, 0.3) is 0 Å². The van der Waals surface area contributed by atoms with Gasteiger partial charge in [-0.15, -0.1) is 0 Å². The van der Waals surface area contributed by atoms with Gasteiger partial charge in [-0.2, -0.15) is 0 Å². The average Bonchev–Trinajstić information content (AvgIpc) is 2.37. The predicted molar refractivity (Wildman–Crippen MR) is 80.0 cm³/mol. The van der Waals surface area contributed by atoms with Crippen molar-refractivity contribution < 1.29 is 14.7 Å². The fourth-order valence-electron chi connectivity index (χ4n) is 2.51. The summed E-state index contributed by atoms with van der Waals surface area (Å²) in [6.45, 7) is 4.11. The number of carbonyl (C=O) groups is 2. The number of carboxylic acids is 1. The van der Waals surface area contributed by atoms with Gasteiger partial charge in [-0.25, -0.2) is 4.79 Å². The van der Waals surface area contributed by atoms with E-state index in [1.807, 2.05) is 38.1 Å². The second-order valence-corrected chi connectivity index (χ2v) is 5.90. The van der Waals surface area contributed by atoms with E-state index in [1.165, 1.54) is 5.56 Å². The minimum absolute atomic E-state index is 0.118. The number of rotatable bonds is 5. The molecule has 21 heavy (non-hydrogen) atoms. The molecule has 0 aromatic heterocycles. The first-order valence-electron chi connectivity index (χ1n) is 7.27. The van der Waals surface area contributed by atoms with Crippen LogP contribution in [0.15, 0.2) is 24.3 Å². The number of hydrogen-bond donors (Lipinski definition) is 3. The molecule has 0 bridgehead atoms. The summed E-state index contributed by atoms with van der Waals surface area (Å²) in [5.41, 5.74) is 1.43. The summed E-state index contributed by atoms with van der Waals surface area (Å²) in [5.74, 6) is -0.819. The van der Waals surface area contributed by atoms with Gasteiger partial charge in [-0.1, -0.05) is 36.2 Å². The van der Waals surface area contributed by atoms with Crippen LogP contribution in [0, 0.1) is 12.3 Å². The van der Waals surface area contributed by atoms with Crippen molar-refractivity contribution in [1.82, 2.24) is 10.6 Å². The molecule has 5 heteroatoms. The first-order chi connectivity index (χ1) is 9.93. The first kappa shape index (κ1) is 15.4. The molecule has 0 aliphatic heterocycles. The van der Waals surface area contributed by atoms with Crippen LogP contribution in [0.2, 0.25) is 0 Å². The van der Waals surface area contributed by atoms with E-state index in [1.54, 1.807) is 0 Å². The molecule has 1 aromatic carbocycles. The van der Waals surface area contributed by atoms with Gasteiger partial charge in [0.05, 0.1) is 11.5 Å². The van der Waals surface area contributed by atoms with E-state index in [-0.39, 0.29) is 18.6 Å². The van der Waals surface area contributed by atoms with Crippen molar-refractivity contribution in [3.63, 3.8) is 0 Å². The number of aryl methyl sites for hydroxylation is 1. The SMILES string of the molecule is Cc1ccc(C(C)NC(=O)NCC2(C(=O)O)CCC2)cc1. The second-order valence-electron chi connectivity index (χ2n) is 5.90. The molecule has 1 fully saturated rings. The van der Waals surface area contributed by atoms with Crippen LogP contribution in [-0.2, 0) is 4.79 Å². The summed E-state index contributed by atoms with van der Waals surface area (Å²) < 4.78 is 0. The van der Waals surface area contributed by atoms with Crippen LogP contribution < -0.4 is 10.6 Å². The quantitative estimate of drug-likeness (QED) is 0.780. The lowest BCUT2D eigenvalue weighted by atomic mass is 9.69. The molecule has 1 aliphatic carbocycles. The standard InChI is InChI=1S/C16H22N2O3/c1-11-4-6-13(7-5-11)12(2)18-15(21)17-10-16(14(19)20)8-3-9-16/h4-7,12H,3,8-10H2,1-2H3,(H,19,20)(H2,17,18,21). The Balaban J connectivity index is 1.84. The average molecular weight is 290 g/mol. The van der Waals surface area contributed by atoms with Gasteiger partial charge in [-0.3, -0.25) is 4.79 Å². The molecule has 5 nitrogen and oxygen atoms in total. The Morgan fingerprint density at radius 3 is 2.38 bits per heavy atom. The van der Waals surface area contributed by atoms with E-state index in [4.69, 9.17) is 0 Å². The lowest BCUT2D eigenvalue weighted by molar-refractivity contribution is -0.153. The topological polar surface area (TPSA) is 78.4 Å². The summed E-state index contributed by atoms with van der Waals surface area (Å²) in [6.07, 6.45) is 2.18. The maximum Gasteiger partial charge on any atom is 0.315 e. The highest BCUT2D eigenvalue weighted by molar-refractivity contribution is 5.79. The van der Waals surface area contributed by atoms with Crippen LogP contribution in [0.4, 0.5) is 4.79 Å². The molecule has 3 N–H and O–H groups in total. The summed E-state index contributed by atoms with van der Waals surface area (Å²) in [7, 11) is 0. The van der Waals surface area contributed by atoms with Gasteiger partial charge >= 0.3 is 12.0 Å². The zero-order valence-electron chi connectivity index (χ0n) is 12.5. The summed E-state index contributed by atoms with van der Waals surface area (Å²) in [4.78, 5) is 23.1. The molecule has 0 saturated heterocycles. The van der Waals surface area contributed by atoms with Gasteiger partial charge in [0, 0.05) is 6.54 Å². The zero-order valence-corrected chi connectivity index (χ0v) is 12.5. The minimum atomic E-state index is -0.819. The number of hydrogen-bond acceptors (Lipinski definition) is 2. The minimum Gasteiger partial charge on any atom is -0.481 e. The van der Waals surface area contributed by atoms with Crippen molar-refractivity contribution in [3.8, 4) is 0 Å². The third-order valence-electron chi connectivity index (χ3n) is 4.28. The van der Waals surface area contributed by atoms with Crippen LogP contribution in [0.3, 0.4) is 0 Å². The Kier molecular flexibility index (Phi) is 4.50. The molecule has 114 valence electrons. The maximum atomic E-state index is 11.9. The van der Waals surface area contributed by atoms with E-state index in [9.17, 15) is 14.7 Å². The van der Waals surface area contributed by atoms with E-state index < -0.39 is 11.4 Å². The van der Waals surface area contributed by atoms with Gasteiger partial charge in [-0.05, 0) is 32.3 Å². The molecule has 1 aromatic rings. The molecule has 1 atom stereocenters. The summed E-state index contributed by atoms with van der Waals surface area (Å²) in [5, 5.41) is 14.7. The Morgan fingerprint density at radius 1 is 1.29 bits per heavy atom. The molecule has 1 aliphatic rings. The lowest BCUT2D eigenvalue weighted by Gasteiger charge is -2.37. The number of nitrogens with one attached hydrogen (secondary N) is 2. The van der Waals surface area contributed by atoms with E-state index in [2.05, 4.69) is 10.6 Å². The number of urea groups is 1. The van der Waals surface area contributed by atoms with Gasteiger partial charge in [0.2, 0.25) is 0 Å². The summed E-state index contributed by atoms with van der Waals surface area (Å²) >= 11 is 0.